The van der Waals surface area contributed by atoms with Crippen LogP contribution < -0.4 is 20.5 Å². The van der Waals surface area contributed by atoms with Crippen LogP contribution in [0.4, 0.5) is 0 Å². The van der Waals surface area contributed by atoms with Crippen LogP contribution >= 0.6 is 0 Å². The number of rotatable bonds is 8. The second-order valence-corrected chi connectivity index (χ2v) is 6.93. The minimum atomic E-state index is -0.440. The first-order valence-corrected chi connectivity index (χ1v) is 9.56. The molecule has 0 saturated carbocycles. The summed E-state index contributed by atoms with van der Waals surface area (Å²) < 4.78 is 16.5. The Morgan fingerprint density at radius 3 is 2.54 bits per heavy atom. The number of nitrogens with two attached hydrogens (primary N) is 1. The van der Waals surface area contributed by atoms with Gasteiger partial charge < -0.3 is 25.3 Å². The van der Waals surface area contributed by atoms with Gasteiger partial charge in [-0.15, -0.1) is 0 Å². The van der Waals surface area contributed by atoms with E-state index in [0.717, 1.165) is 17.5 Å². The molecule has 1 saturated heterocycles. The highest BCUT2D eigenvalue weighted by atomic mass is 16.5. The molecule has 0 radical (unpaired) electrons. The van der Waals surface area contributed by atoms with Crippen molar-refractivity contribution in [3.05, 3.63) is 59.7 Å². The molecule has 6 heteroatoms. The number of hydrogen-bond donors (Lipinski definition) is 2. The Morgan fingerprint density at radius 1 is 1.14 bits per heavy atom. The van der Waals surface area contributed by atoms with E-state index in [1.165, 1.54) is 0 Å². The Bertz CT molecular complexity index is 781. The molecule has 1 unspecified atom stereocenters. The predicted octanol–water partition coefficient (Wildman–Crippen LogP) is 2.61. The lowest BCUT2D eigenvalue weighted by Crippen LogP contribution is -2.38. The second-order valence-electron chi connectivity index (χ2n) is 6.93. The minimum Gasteiger partial charge on any atom is -0.493 e. The first-order valence-electron chi connectivity index (χ1n) is 9.56. The van der Waals surface area contributed by atoms with E-state index in [4.69, 9.17) is 19.9 Å². The van der Waals surface area contributed by atoms with Gasteiger partial charge in [0.1, 0.15) is 6.10 Å². The standard InChI is InChI=1S/C22H28N2O4/c1-26-19-10-8-15(13-21(19)27-2)12-18(16-6-4-3-5-7-16)24-22(25)20-11-9-17(14-23)28-20/h3-8,10,13,17-18,20H,9,11-12,14,23H2,1-2H3,(H,24,25)/t17-,18?,20+/m1/s1. The van der Waals surface area contributed by atoms with E-state index in [0.29, 0.717) is 30.9 Å². The summed E-state index contributed by atoms with van der Waals surface area (Å²) in [5, 5.41) is 3.16. The van der Waals surface area contributed by atoms with Crippen molar-refractivity contribution in [1.29, 1.82) is 0 Å². The van der Waals surface area contributed by atoms with E-state index in [1.807, 2.05) is 48.5 Å². The second kappa shape index (κ2) is 9.57. The third-order valence-electron chi connectivity index (χ3n) is 5.07. The van der Waals surface area contributed by atoms with Crippen LogP contribution in [0.5, 0.6) is 11.5 Å². The van der Waals surface area contributed by atoms with Crippen LogP contribution in [-0.2, 0) is 16.0 Å². The summed E-state index contributed by atoms with van der Waals surface area (Å²) in [6, 6.07) is 15.6. The molecule has 1 amide bonds. The third kappa shape index (κ3) is 4.82. The lowest BCUT2D eigenvalue weighted by Gasteiger charge is -2.22. The van der Waals surface area contributed by atoms with Crippen molar-refractivity contribution in [2.24, 2.45) is 5.73 Å². The number of amides is 1. The molecule has 28 heavy (non-hydrogen) atoms. The van der Waals surface area contributed by atoms with Crippen molar-refractivity contribution in [2.75, 3.05) is 20.8 Å². The first kappa shape index (κ1) is 20.2. The number of methoxy groups -OCH3 is 2. The van der Waals surface area contributed by atoms with Crippen LogP contribution in [0.2, 0.25) is 0 Å². The fourth-order valence-corrected chi connectivity index (χ4v) is 3.52. The largest absolute Gasteiger partial charge is 0.493 e. The van der Waals surface area contributed by atoms with Gasteiger partial charge in [0.05, 0.1) is 26.4 Å². The monoisotopic (exact) mass is 384 g/mol. The summed E-state index contributed by atoms with van der Waals surface area (Å²) in [6.07, 6.45) is 1.68. The molecular formula is C22H28N2O4. The van der Waals surface area contributed by atoms with Crippen LogP contribution in [0.1, 0.15) is 30.0 Å². The fraction of sp³-hybridized carbons (Fsp3) is 0.409. The normalized spacial score (nSPS) is 19.8. The van der Waals surface area contributed by atoms with E-state index < -0.39 is 6.10 Å². The van der Waals surface area contributed by atoms with Gasteiger partial charge in [-0.05, 0) is 42.5 Å². The molecule has 3 atom stereocenters. The minimum absolute atomic E-state index is 0.0308. The molecule has 150 valence electrons. The number of benzene rings is 2. The Morgan fingerprint density at radius 2 is 1.89 bits per heavy atom. The highest BCUT2D eigenvalue weighted by Gasteiger charge is 2.31. The highest BCUT2D eigenvalue weighted by molar-refractivity contribution is 5.81. The van der Waals surface area contributed by atoms with Crippen LogP contribution in [0.15, 0.2) is 48.5 Å². The van der Waals surface area contributed by atoms with Gasteiger partial charge >= 0.3 is 0 Å². The van der Waals surface area contributed by atoms with Gasteiger partial charge in [0.25, 0.3) is 0 Å². The maximum Gasteiger partial charge on any atom is 0.249 e. The number of nitrogens with one attached hydrogen (secondary N) is 1. The van der Waals surface area contributed by atoms with E-state index in [2.05, 4.69) is 5.32 Å². The van der Waals surface area contributed by atoms with Gasteiger partial charge in [0, 0.05) is 6.54 Å². The molecule has 1 heterocycles. The Hall–Kier alpha value is -2.57. The summed E-state index contributed by atoms with van der Waals surface area (Å²) in [5.41, 5.74) is 7.74. The zero-order valence-electron chi connectivity index (χ0n) is 16.4. The van der Waals surface area contributed by atoms with E-state index >= 15 is 0 Å². The van der Waals surface area contributed by atoms with Crippen LogP contribution in [0.3, 0.4) is 0 Å². The molecule has 6 nitrogen and oxygen atoms in total. The number of ether oxygens (including phenoxy) is 3. The number of carbonyl (C=O) groups excluding carboxylic acids is 1. The van der Waals surface area contributed by atoms with Crippen LogP contribution in [0, 0.1) is 0 Å². The molecule has 2 aromatic carbocycles. The molecule has 2 aromatic rings. The molecule has 1 aliphatic heterocycles. The summed E-state index contributed by atoms with van der Waals surface area (Å²) in [5.74, 6) is 1.26. The molecule has 0 bridgehead atoms. The maximum absolute atomic E-state index is 12.8. The molecule has 1 aliphatic rings. The van der Waals surface area contributed by atoms with Crippen molar-refractivity contribution < 1.29 is 19.0 Å². The number of carbonyl (C=O) groups is 1. The average Bonchev–Trinajstić information content (AvgIpc) is 3.23. The van der Waals surface area contributed by atoms with E-state index in [9.17, 15) is 4.79 Å². The number of hydrogen-bond acceptors (Lipinski definition) is 5. The third-order valence-corrected chi connectivity index (χ3v) is 5.07. The van der Waals surface area contributed by atoms with Gasteiger partial charge in [-0.1, -0.05) is 36.4 Å². The van der Waals surface area contributed by atoms with Crippen LogP contribution in [0.25, 0.3) is 0 Å². The van der Waals surface area contributed by atoms with E-state index in [1.54, 1.807) is 14.2 Å². The van der Waals surface area contributed by atoms with Gasteiger partial charge in [-0.25, -0.2) is 0 Å². The SMILES string of the molecule is COc1ccc(CC(NC(=O)[C@@H]2CC[C@H](CN)O2)c2ccccc2)cc1OC. The maximum atomic E-state index is 12.8. The zero-order valence-corrected chi connectivity index (χ0v) is 16.4. The first-order chi connectivity index (χ1) is 13.6. The quantitative estimate of drug-likeness (QED) is 0.731. The van der Waals surface area contributed by atoms with Crippen molar-refractivity contribution in [1.82, 2.24) is 5.32 Å². The molecule has 1 fully saturated rings. The molecule has 0 aliphatic carbocycles. The van der Waals surface area contributed by atoms with Crippen molar-refractivity contribution in [3.63, 3.8) is 0 Å². The Kier molecular flexibility index (Phi) is 6.90. The predicted molar refractivity (Wildman–Crippen MR) is 108 cm³/mol. The van der Waals surface area contributed by atoms with Gasteiger partial charge in [0.2, 0.25) is 5.91 Å². The lowest BCUT2D eigenvalue weighted by molar-refractivity contribution is -0.132. The van der Waals surface area contributed by atoms with Gasteiger partial charge in [0.15, 0.2) is 11.5 Å². The summed E-state index contributed by atoms with van der Waals surface area (Å²) in [4.78, 5) is 12.8. The van der Waals surface area contributed by atoms with Crippen molar-refractivity contribution in [2.45, 2.75) is 37.5 Å². The smallest absolute Gasteiger partial charge is 0.249 e. The lowest BCUT2D eigenvalue weighted by atomic mass is 9.98. The summed E-state index contributed by atoms with van der Waals surface area (Å²) in [6.45, 7) is 0.442. The van der Waals surface area contributed by atoms with Crippen LogP contribution in [-0.4, -0.2) is 38.9 Å². The Labute approximate surface area is 166 Å². The van der Waals surface area contributed by atoms with Gasteiger partial charge in [-0.2, -0.15) is 0 Å². The highest BCUT2D eigenvalue weighted by Crippen LogP contribution is 2.30. The van der Waals surface area contributed by atoms with E-state index in [-0.39, 0.29) is 18.1 Å². The van der Waals surface area contributed by atoms with Crippen molar-refractivity contribution >= 4 is 5.91 Å². The van der Waals surface area contributed by atoms with Crippen molar-refractivity contribution in [3.8, 4) is 11.5 Å². The molecular weight excluding hydrogens is 356 g/mol. The summed E-state index contributed by atoms with van der Waals surface area (Å²) in [7, 11) is 3.23. The molecule has 3 N–H and O–H groups in total. The fourth-order valence-electron chi connectivity index (χ4n) is 3.52. The molecule has 3 rings (SSSR count). The topological polar surface area (TPSA) is 82.8 Å². The molecule has 0 aromatic heterocycles. The van der Waals surface area contributed by atoms with Gasteiger partial charge in [-0.3, -0.25) is 4.79 Å². The summed E-state index contributed by atoms with van der Waals surface area (Å²) >= 11 is 0. The average molecular weight is 384 g/mol. The molecule has 0 spiro atoms. The zero-order chi connectivity index (χ0) is 19.9. The Balaban J connectivity index is 1.77.